The van der Waals surface area contributed by atoms with Crippen LogP contribution in [0.15, 0.2) is 11.5 Å². The monoisotopic (exact) mass is 316 g/mol. The summed E-state index contributed by atoms with van der Waals surface area (Å²) in [6.45, 7) is 7.08. The van der Waals surface area contributed by atoms with Gasteiger partial charge in [0, 0.05) is 13.1 Å². The Balaban J connectivity index is 2.89. The molecule has 0 saturated heterocycles. The quantitative estimate of drug-likeness (QED) is 0.731. The minimum absolute atomic E-state index is 0.0142. The van der Waals surface area contributed by atoms with E-state index in [-0.39, 0.29) is 16.9 Å². The molecule has 1 heterocycles. The second-order valence-electron chi connectivity index (χ2n) is 4.91. The third kappa shape index (κ3) is 4.80. The maximum Gasteiger partial charge on any atom is 0.346 e. The molecule has 0 spiro atoms. The van der Waals surface area contributed by atoms with Crippen LogP contribution < -0.4 is 0 Å². The first kappa shape index (κ1) is 17.6. The lowest BCUT2D eigenvalue weighted by atomic mass is 10.3. The molecule has 0 N–H and O–H groups in total. The van der Waals surface area contributed by atoms with E-state index in [1.54, 1.807) is 11.8 Å². The number of carbonyl (C=O) groups excluding carboxylic acids is 1. The summed E-state index contributed by atoms with van der Waals surface area (Å²) < 4.78 is 24.8. The zero-order valence-corrected chi connectivity index (χ0v) is 13.8. The van der Waals surface area contributed by atoms with Crippen LogP contribution in [0.1, 0.15) is 46.5 Å². The normalized spacial score (nSPS) is 11.6. The van der Waals surface area contributed by atoms with Gasteiger partial charge in [0.25, 0.3) is 5.16 Å². The Labute approximate surface area is 126 Å². The van der Waals surface area contributed by atoms with Crippen LogP contribution in [-0.4, -0.2) is 53.0 Å². The number of aromatic nitrogens is 3. The highest BCUT2D eigenvalue weighted by Gasteiger charge is 2.22. The first-order valence-corrected chi connectivity index (χ1v) is 9.05. The van der Waals surface area contributed by atoms with E-state index in [4.69, 9.17) is 0 Å². The van der Waals surface area contributed by atoms with Gasteiger partial charge >= 0.3 is 6.03 Å². The minimum Gasteiger partial charge on any atom is -0.323 e. The molecule has 0 aliphatic carbocycles. The minimum atomic E-state index is -3.49. The van der Waals surface area contributed by atoms with E-state index in [2.05, 4.69) is 17.0 Å². The van der Waals surface area contributed by atoms with Crippen molar-refractivity contribution >= 4 is 15.9 Å². The van der Waals surface area contributed by atoms with Crippen molar-refractivity contribution in [3.8, 4) is 0 Å². The molecule has 21 heavy (non-hydrogen) atoms. The Kier molecular flexibility index (Phi) is 6.80. The van der Waals surface area contributed by atoms with Crippen molar-refractivity contribution in [3.05, 3.63) is 6.33 Å². The molecule has 0 atom stereocenters. The second kappa shape index (κ2) is 8.11. The van der Waals surface area contributed by atoms with Gasteiger partial charge in [0.05, 0.1) is 5.75 Å². The Morgan fingerprint density at radius 2 is 1.90 bits per heavy atom. The fourth-order valence-corrected chi connectivity index (χ4v) is 3.05. The summed E-state index contributed by atoms with van der Waals surface area (Å²) in [4.78, 5) is 17.8. The van der Waals surface area contributed by atoms with Crippen LogP contribution in [-0.2, 0) is 9.84 Å². The molecule has 0 unspecified atom stereocenters. The van der Waals surface area contributed by atoms with Crippen LogP contribution in [0.5, 0.6) is 0 Å². The number of amides is 1. The van der Waals surface area contributed by atoms with Crippen molar-refractivity contribution in [2.24, 2.45) is 0 Å². The van der Waals surface area contributed by atoms with Crippen molar-refractivity contribution in [1.29, 1.82) is 0 Å². The standard InChI is InChI=1S/C13H24N4O3S/c1-4-7-9-16(8-5-2)13(18)17-11-14-12(15-17)21(19,20)10-6-3/h11H,4-10H2,1-3H3. The molecule has 0 aromatic carbocycles. The van der Waals surface area contributed by atoms with Crippen molar-refractivity contribution in [2.45, 2.75) is 51.6 Å². The van der Waals surface area contributed by atoms with E-state index >= 15 is 0 Å². The maximum atomic E-state index is 12.3. The number of unbranched alkanes of at least 4 members (excludes halogenated alkanes) is 1. The fraction of sp³-hybridized carbons (Fsp3) is 0.769. The van der Waals surface area contributed by atoms with Crippen LogP contribution in [0.25, 0.3) is 0 Å². The van der Waals surface area contributed by atoms with Crippen LogP contribution in [0.3, 0.4) is 0 Å². The summed E-state index contributed by atoms with van der Waals surface area (Å²) >= 11 is 0. The number of sulfone groups is 1. The molecule has 8 heteroatoms. The third-order valence-corrected chi connectivity index (χ3v) is 4.65. The lowest BCUT2D eigenvalue weighted by molar-refractivity contribution is 0.195. The molecular formula is C13H24N4O3S. The smallest absolute Gasteiger partial charge is 0.323 e. The van der Waals surface area contributed by atoms with E-state index < -0.39 is 9.84 Å². The van der Waals surface area contributed by atoms with Crippen LogP contribution in [0.4, 0.5) is 4.79 Å². The first-order valence-electron chi connectivity index (χ1n) is 7.39. The molecule has 0 bridgehead atoms. The third-order valence-electron chi connectivity index (χ3n) is 2.96. The highest BCUT2D eigenvalue weighted by molar-refractivity contribution is 7.91. The summed E-state index contributed by atoms with van der Waals surface area (Å²) in [6, 6.07) is -0.323. The zero-order chi connectivity index (χ0) is 15.9. The van der Waals surface area contributed by atoms with E-state index in [1.807, 2.05) is 6.92 Å². The van der Waals surface area contributed by atoms with Gasteiger partial charge in [-0.3, -0.25) is 0 Å². The molecule has 1 aromatic rings. The van der Waals surface area contributed by atoms with Gasteiger partial charge in [0.15, 0.2) is 0 Å². The molecule has 0 aliphatic rings. The summed E-state index contributed by atoms with van der Waals surface area (Å²) in [5.74, 6) is -0.0142. The Morgan fingerprint density at radius 3 is 2.48 bits per heavy atom. The van der Waals surface area contributed by atoms with Gasteiger partial charge in [-0.25, -0.2) is 18.2 Å². The van der Waals surface area contributed by atoms with Gasteiger partial charge in [0.2, 0.25) is 9.84 Å². The molecule has 0 fully saturated rings. The van der Waals surface area contributed by atoms with Gasteiger partial charge in [-0.15, -0.1) is 5.10 Å². The number of hydrogen-bond donors (Lipinski definition) is 0. The highest BCUT2D eigenvalue weighted by atomic mass is 32.2. The van der Waals surface area contributed by atoms with Crippen LogP contribution >= 0.6 is 0 Å². The van der Waals surface area contributed by atoms with E-state index in [1.165, 1.54) is 6.33 Å². The average Bonchev–Trinajstić information content (AvgIpc) is 2.93. The van der Waals surface area contributed by atoms with Gasteiger partial charge < -0.3 is 4.90 Å². The van der Waals surface area contributed by atoms with E-state index in [0.29, 0.717) is 19.5 Å². The zero-order valence-electron chi connectivity index (χ0n) is 12.9. The summed E-state index contributed by atoms with van der Waals surface area (Å²) in [5, 5.41) is 3.56. The number of hydrogen-bond acceptors (Lipinski definition) is 5. The average molecular weight is 316 g/mol. The van der Waals surface area contributed by atoms with Crippen LogP contribution in [0, 0.1) is 0 Å². The van der Waals surface area contributed by atoms with Gasteiger partial charge in [-0.2, -0.15) is 4.68 Å². The summed E-state index contributed by atoms with van der Waals surface area (Å²) in [7, 11) is -3.49. The predicted octanol–water partition coefficient (Wildman–Crippen LogP) is 1.94. The molecule has 0 saturated carbocycles. The largest absolute Gasteiger partial charge is 0.346 e. The van der Waals surface area contributed by atoms with Gasteiger partial charge in [0.1, 0.15) is 6.33 Å². The summed E-state index contributed by atoms with van der Waals surface area (Å²) in [5.41, 5.74) is 0. The van der Waals surface area contributed by atoms with Crippen molar-refractivity contribution in [3.63, 3.8) is 0 Å². The van der Waals surface area contributed by atoms with Crippen LogP contribution in [0.2, 0.25) is 0 Å². The SMILES string of the molecule is CCCCN(CCC)C(=O)n1cnc(S(=O)(=O)CCC)n1. The lowest BCUT2D eigenvalue weighted by Gasteiger charge is -2.20. The van der Waals surface area contributed by atoms with E-state index in [9.17, 15) is 13.2 Å². The fourth-order valence-electron chi connectivity index (χ4n) is 1.91. The molecule has 7 nitrogen and oxygen atoms in total. The Bertz CT molecular complexity index is 554. The molecule has 120 valence electrons. The highest BCUT2D eigenvalue weighted by Crippen LogP contribution is 2.07. The molecule has 0 aliphatic heterocycles. The maximum absolute atomic E-state index is 12.3. The first-order chi connectivity index (χ1) is 9.96. The van der Waals surface area contributed by atoms with E-state index in [0.717, 1.165) is 23.9 Å². The van der Waals surface area contributed by atoms with Crippen molar-refractivity contribution < 1.29 is 13.2 Å². The second-order valence-corrected chi connectivity index (χ2v) is 6.92. The number of nitrogens with zero attached hydrogens (tertiary/aromatic N) is 4. The predicted molar refractivity (Wildman–Crippen MR) is 79.9 cm³/mol. The molecule has 0 radical (unpaired) electrons. The summed E-state index contributed by atoms with van der Waals surface area (Å²) in [6.07, 6.45) is 4.40. The lowest BCUT2D eigenvalue weighted by Crippen LogP contribution is -2.36. The Hall–Kier alpha value is -1.44. The molecule has 1 aromatic heterocycles. The Morgan fingerprint density at radius 1 is 1.19 bits per heavy atom. The number of carbonyl (C=O) groups is 1. The van der Waals surface area contributed by atoms with Gasteiger partial charge in [-0.1, -0.05) is 27.2 Å². The molecule has 1 rings (SSSR count). The number of rotatable bonds is 8. The van der Waals surface area contributed by atoms with Crippen molar-refractivity contribution in [2.75, 3.05) is 18.8 Å². The molecular weight excluding hydrogens is 292 g/mol. The molecule has 1 amide bonds. The van der Waals surface area contributed by atoms with Crippen molar-refractivity contribution in [1.82, 2.24) is 19.7 Å². The van der Waals surface area contributed by atoms with Gasteiger partial charge in [-0.05, 0) is 19.3 Å². The topological polar surface area (TPSA) is 85.2 Å².